The van der Waals surface area contributed by atoms with Gasteiger partial charge in [0.2, 0.25) is 10.0 Å². The van der Waals surface area contributed by atoms with E-state index in [1.165, 1.54) is 13.1 Å². The Labute approximate surface area is 239 Å². The molecule has 0 aliphatic heterocycles. The molecule has 1 amide bonds. The summed E-state index contributed by atoms with van der Waals surface area (Å²) in [5.41, 5.74) is 7.75. The molecule has 222 valence electrons. The number of methoxy groups -OCH3 is 2. The van der Waals surface area contributed by atoms with Gasteiger partial charge in [0.05, 0.1) is 24.5 Å². The maximum absolute atomic E-state index is 13.7. The second-order valence-electron chi connectivity index (χ2n) is 10.9. The number of pyridine rings is 1. The molecular weight excluding hydrogens is 530 g/mol. The highest BCUT2D eigenvalue weighted by atomic mass is 32.2. The van der Waals surface area contributed by atoms with Crippen LogP contribution in [0.1, 0.15) is 43.1 Å². The molecule has 0 radical (unpaired) electrons. The molecule has 0 saturated heterocycles. The van der Waals surface area contributed by atoms with E-state index < -0.39 is 27.4 Å². The lowest BCUT2D eigenvalue weighted by Gasteiger charge is -2.28. The fourth-order valence-corrected chi connectivity index (χ4v) is 5.56. The van der Waals surface area contributed by atoms with Gasteiger partial charge < -0.3 is 25.4 Å². The number of carbonyl (C=O) groups excluding carboxylic acids is 1. The van der Waals surface area contributed by atoms with Crippen LogP contribution in [-0.4, -0.2) is 84.2 Å². The smallest absolute Gasteiger partial charge is 0.251 e. The van der Waals surface area contributed by atoms with Crippen LogP contribution < -0.4 is 20.3 Å². The Morgan fingerprint density at radius 1 is 1.15 bits per heavy atom. The number of nitrogens with two attached hydrogens (primary N) is 1. The third-order valence-corrected chi connectivity index (χ3v) is 9.61. The van der Waals surface area contributed by atoms with E-state index in [9.17, 15) is 13.2 Å². The first-order valence-electron chi connectivity index (χ1n) is 13.8. The zero-order valence-corrected chi connectivity index (χ0v) is 25.4. The number of anilines is 2. The third-order valence-electron chi connectivity index (χ3n) is 7.47. The second kappa shape index (κ2) is 14.2. The summed E-state index contributed by atoms with van der Waals surface area (Å²) in [7, 11) is 1.01. The van der Waals surface area contributed by atoms with Crippen molar-refractivity contribution in [3.63, 3.8) is 0 Å². The van der Waals surface area contributed by atoms with Crippen LogP contribution in [0.5, 0.6) is 0 Å². The SMILES string of the molecule is COCCN(C[C@H]1C[C@@H]1C)c1cc(C(=O)N[C@@H](Cc2ccccc2)[C@@H](N)COC)cc(N(C)S(=O)(=O)C(C)C)n1. The van der Waals surface area contributed by atoms with Gasteiger partial charge in [0.15, 0.2) is 0 Å². The Kier molecular flexibility index (Phi) is 11.3. The van der Waals surface area contributed by atoms with Gasteiger partial charge >= 0.3 is 0 Å². The summed E-state index contributed by atoms with van der Waals surface area (Å²) in [5.74, 6) is 1.48. The number of amides is 1. The number of hydrogen-bond donors (Lipinski definition) is 2. The molecule has 40 heavy (non-hydrogen) atoms. The van der Waals surface area contributed by atoms with Crippen LogP contribution in [0.15, 0.2) is 42.5 Å². The third kappa shape index (κ3) is 8.39. The molecule has 1 aliphatic rings. The summed E-state index contributed by atoms with van der Waals surface area (Å²) in [6.45, 7) is 7.50. The van der Waals surface area contributed by atoms with Gasteiger partial charge in [-0.2, -0.15) is 0 Å². The number of hydrogen-bond acceptors (Lipinski definition) is 8. The minimum Gasteiger partial charge on any atom is -0.383 e. The van der Waals surface area contributed by atoms with Gasteiger partial charge in [0.1, 0.15) is 11.6 Å². The molecule has 0 spiro atoms. The standard InChI is InChI=1S/C29H45N5O5S/c1-20(2)40(36,37)33(4)27-16-23(17-28(32-27)34(12-13-38-5)18-24-14-21(24)3)29(35)31-26(25(30)19-39-6)15-22-10-8-7-9-11-22/h7-11,16-17,20-21,24-26H,12-15,18-19,30H2,1-6H3,(H,31,35)/t21-,24+,25-,26-/m0/s1. The van der Waals surface area contributed by atoms with E-state index in [4.69, 9.17) is 20.2 Å². The van der Waals surface area contributed by atoms with Crippen molar-refractivity contribution in [3.05, 3.63) is 53.6 Å². The summed E-state index contributed by atoms with van der Waals surface area (Å²) >= 11 is 0. The fourth-order valence-electron chi connectivity index (χ4n) is 4.58. The molecule has 1 aromatic heterocycles. The van der Waals surface area contributed by atoms with Crippen molar-refractivity contribution in [1.82, 2.24) is 10.3 Å². The zero-order chi connectivity index (χ0) is 29.4. The summed E-state index contributed by atoms with van der Waals surface area (Å²) < 4.78 is 37.9. The van der Waals surface area contributed by atoms with Gasteiger partial charge in [0.25, 0.3) is 5.91 Å². The van der Waals surface area contributed by atoms with Crippen molar-refractivity contribution in [2.24, 2.45) is 17.6 Å². The summed E-state index contributed by atoms with van der Waals surface area (Å²) in [6.07, 6.45) is 1.64. The van der Waals surface area contributed by atoms with Crippen molar-refractivity contribution in [2.45, 2.75) is 50.9 Å². The van der Waals surface area contributed by atoms with Crippen molar-refractivity contribution >= 4 is 27.6 Å². The number of benzene rings is 1. The maximum Gasteiger partial charge on any atom is 0.251 e. The summed E-state index contributed by atoms with van der Waals surface area (Å²) in [6, 6.07) is 12.2. The molecule has 1 aromatic carbocycles. The molecule has 4 atom stereocenters. The first-order valence-corrected chi connectivity index (χ1v) is 15.3. The number of aromatic nitrogens is 1. The first kappa shape index (κ1) is 31.8. The highest BCUT2D eigenvalue weighted by Crippen LogP contribution is 2.39. The fraction of sp³-hybridized carbons (Fsp3) is 0.586. The number of carbonyl (C=O) groups is 1. The molecule has 3 N–H and O–H groups in total. The molecule has 2 aromatic rings. The van der Waals surface area contributed by atoms with Gasteiger partial charge in [-0.05, 0) is 56.2 Å². The minimum atomic E-state index is -3.68. The lowest BCUT2D eigenvalue weighted by molar-refractivity contribution is 0.0913. The van der Waals surface area contributed by atoms with Gasteiger partial charge in [-0.15, -0.1) is 0 Å². The normalized spacial score (nSPS) is 18.3. The number of ether oxygens (including phenoxy) is 2. The van der Waals surface area contributed by atoms with Crippen molar-refractivity contribution in [3.8, 4) is 0 Å². The molecule has 10 nitrogen and oxygen atoms in total. The number of sulfonamides is 1. The predicted octanol–water partition coefficient (Wildman–Crippen LogP) is 2.68. The molecule has 1 fully saturated rings. The van der Waals surface area contributed by atoms with E-state index in [1.807, 2.05) is 30.3 Å². The van der Waals surface area contributed by atoms with Crippen molar-refractivity contribution in [2.75, 3.05) is 56.8 Å². The molecule has 1 aliphatic carbocycles. The van der Waals surface area contributed by atoms with Crippen molar-refractivity contribution in [1.29, 1.82) is 0 Å². The Hall–Kier alpha value is -2.73. The van der Waals surface area contributed by atoms with Crippen LogP contribution in [0.3, 0.4) is 0 Å². The van der Waals surface area contributed by atoms with E-state index >= 15 is 0 Å². The highest BCUT2D eigenvalue weighted by Gasteiger charge is 2.35. The molecule has 3 rings (SSSR count). The second-order valence-corrected chi connectivity index (χ2v) is 13.5. The van der Waals surface area contributed by atoms with Crippen LogP contribution in [0.25, 0.3) is 0 Å². The quantitative estimate of drug-likeness (QED) is 0.313. The van der Waals surface area contributed by atoms with Gasteiger partial charge in [-0.1, -0.05) is 37.3 Å². The Balaban J connectivity index is 2.00. The largest absolute Gasteiger partial charge is 0.383 e. The van der Waals surface area contributed by atoms with E-state index in [2.05, 4.69) is 17.1 Å². The molecule has 0 unspecified atom stereocenters. The monoisotopic (exact) mass is 575 g/mol. The summed E-state index contributed by atoms with van der Waals surface area (Å²) in [4.78, 5) is 20.5. The highest BCUT2D eigenvalue weighted by molar-refractivity contribution is 7.93. The molecular formula is C29H45N5O5S. The van der Waals surface area contributed by atoms with Crippen molar-refractivity contribution < 1.29 is 22.7 Å². The van der Waals surface area contributed by atoms with Gasteiger partial charge in [0, 0.05) is 46.0 Å². The maximum atomic E-state index is 13.7. The van der Waals surface area contributed by atoms with E-state index in [0.29, 0.717) is 42.8 Å². The van der Waals surface area contributed by atoms with Crippen LogP contribution in [0.4, 0.5) is 11.6 Å². The first-order chi connectivity index (χ1) is 19.0. The molecule has 1 saturated carbocycles. The van der Waals surface area contributed by atoms with Gasteiger partial charge in [-0.25, -0.2) is 13.4 Å². The van der Waals surface area contributed by atoms with Gasteiger partial charge in [-0.3, -0.25) is 9.10 Å². The lowest BCUT2D eigenvalue weighted by Crippen LogP contribution is -2.51. The van der Waals surface area contributed by atoms with Crippen LogP contribution in [-0.2, 0) is 25.9 Å². The molecule has 11 heteroatoms. The molecule has 1 heterocycles. The Bertz CT molecular complexity index is 1210. The number of rotatable bonds is 16. The van der Waals surface area contributed by atoms with Crippen LogP contribution in [0, 0.1) is 11.8 Å². The lowest BCUT2D eigenvalue weighted by atomic mass is 9.99. The average molecular weight is 576 g/mol. The van der Waals surface area contributed by atoms with Crippen LogP contribution >= 0.6 is 0 Å². The molecule has 0 bridgehead atoms. The Morgan fingerprint density at radius 3 is 2.38 bits per heavy atom. The van der Waals surface area contributed by atoms with E-state index in [1.54, 1.807) is 34.1 Å². The van der Waals surface area contributed by atoms with E-state index in [-0.39, 0.29) is 18.3 Å². The number of nitrogens with one attached hydrogen (secondary N) is 1. The zero-order valence-electron chi connectivity index (χ0n) is 24.5. The predicted molar refractivity (Wildman–Crippen MR) is 159 cm³/mol. The average Bonchev–Trinajstić information content (AvgIpc) is 3.64. The summed E-state index contributed by atoms with van der Waals surface area (Å²) in [5, 5.41) is 2.43. The Morgan fingerprint density at radius 2 is 1.80 bits per heavy atom. The van der Waals surface area contributed by atoms with Crippen LogP contribution in [0.2, 0.25) is 0 Å². The minimum absolute atomic E-state index is 0.184. The van der Waals surface area contributed by atoms with E-state index in [0.717, 1.165) is 22.8 Å². The topological polar surface area (TPSA) is 127 Å². The number of nitrogens with zero attached hydrogens (tertiary/aromatic N) is 3.